The maximum Gasteiger partial charge on any atom is 0.255 e. The number of likely N-dealkylation sites (tertiary alicyclic amines) is 1. The van der Waals surface area contributed by atoms with Gasteiger partial charge in [-0.3, -0.25) is 4.79 Å². The fraction of sp³-hybridized carbons (Fsp3) is 0.562. The summed E-state index contributed by atoms with van der Waals surface area (Å²) in [5.41, 5.74) is 6.51. The van der Waals surface area contributed by atoms with Crippen molar-refractivity contribution < 1.29 is 19.7 Å². The van der Waals surface area contributed by atoms with E-state index in [2.05, 4.69) is 17.1 Å². The molecule has 1 aromatic rings. The molecule has 2 rings (SSSR count). The molecule has 1 fully saturated rings. The Kier molecular flexibility index (Phi) is 7.75. The summed E-state index contributed by atoms with van der Waals surface area (Å²) in [6, 6.07) is 3.05. The van der Waals surface area contributed by atoms with Gasteiger partial charge in [-0.05, 0) is 19.0 Å². The zero-order valence-corrected chi connectivity index (χ0v) is 15.0. The Morgan fingerprint density at radius 1 is 1.46 bits per heavy atom. The number of anilines is 1. The topological polar surface area (TPSA) is 108 Å². The average Bonchev–Trinajstić information content (AvgIpc) is 2.57. The van der Waals surface area contributed by atoms with Crippen LogP contribution in [0.25, 0.3) is 0 Å². The summed E-state index contributed by atoms with van der Waals surface area (Å²) in [5.74, 6) is 0.171. The minimum Gasteiger partial charge on any atom is -0.496 e. The van der Waals surface area contributed by atoms with Crippen molar-refractivity contribution in [3.63, 3.8) is 0 Å². The first-order chi connectivity index (χ1) is 11.0. The van der Waals surface area contributed by atoms with E-state index in [1.807, 2.05) is 0 Å². The van der Waals surface area contributed by atoms with Gasteiger partial charge in [0.2, 0.25) is 0 Å². The van der Waals surface area contributed by atoms with Gasteiger partial charge in [-0.2, -0.15) is 0 Å². The second kappa shape index (κ2) is 9.08. The highest BCUT2D eigenvalue weighted by Crippen LogP contribution is 2.29. The number of halogens is 1. The third-order valence-electron chi connectivity index (χ3n) is 4.27. The molecule has 1 heterocycles. The summed E-state index contributed by atoms with van der Waals surface area (Å²) in [5, 5.41) is 3.37. The maximum atomic E-state index is 12.6. The highest BCUT2D eigenvalue weighted by atomic mass is 35.5. The Bertz CT molecular complexity index is 570. The first-order valence-corrected chi connectivity index (χ1v) is 8.07. The Morgan fingerprint density at radius 3 is 2.75 bits per heavy atom. The van der Waals surface area contributed by atoms with E-state index in [-0.39, 0.29) is 23.5 Å². The lowest BCUT2D eigenvalue weighted by Gasteiger charge is -2.37. The van der Waals surface area contributed by atoms with Gasteiger partial charge in [0, 0.05) is 26.3 Å². The number of carbonyl (C=O) groups excluding carboxylic acids is 1. The molecule has 1 aliphatic rings. The number of nitrogens with zero attached hydrogens (tertiary/aromatic N) is 1. The number of nitrogen functional groups attached to an aromatic ring is 1. The second-order valence-electron chi connectivity index (χ2n) is 5.61. The highest BCUT2D eigenvalue weighted by Gasteiger charge is 2.30. The molecular weight excluding hydrogens is 334 g/mol. The molecule has 0 bridgehead atoms. The van der Waals surface area contributed by atoms with Gasteiger partial charge in [-0.15, -0.1) is 0 Å². The summed E-state index contributed by atoms with van der Waals surface area (Å²) in [6.07, 6.45) is 0.797. The van der Waals surface area contributed by atoms with Gasteiger partial charge in [0.15, 0.2) is 0 Å². The highest BCUT2D eigenvalue weighted by molar-refractivity contribution is 6.33. The summed E-state index contributed by atoms with van der Waals surface area (Å²) < 4.78 is 10.8. The van der Waals surface area contributed by atoms with Crippen molar-refractivity contribution in [1.29, 1.82) is 0 Å². The molecule has 1 aromatic carbocycles. The third-order valence-corrected chi connectivity index (χ3v) is 4.60. The lowest BCUT2D eigenvalue weighted by molar-refractivity contribution is 0.00802. The average molecular weight is 360 g/mol. The van der Waals surface area contributed by atoms with E-state index in [0.29, 0.717) is 22.0 Å². The van der Waals surface area contributed by atoms with E-state index in [1.54, 1.807) is 13.2 Å². The van der Waals surface area contributed by atoms with Gasteiger partial charge in [-0.1, -0.05) is 18.5 Å². The molecule has 5 N–H and O–H groups in total. The maximum absolute atomic E-state index is 12.6. The first-order valence-electron chi connectivity index (χ1n) is 7.69. The molecule has 0 aromatic heterocycles. The molecule has 7 nitrogen and oxygen atoms in total. The smallest absolute Gasteiger partial charge is 0.255 e. The van der Waals surface area contributed by atoms with Crippen LogP contribution < -0.4 is 15.8 Å². The van der Waals surface area contributed by atoms with Gasteiger partial charge < -0.3 is 30.9 Å². The molecule has 1 amide bonds. The summed E-state index contributed by atoms with van der Waals surface area (Å²) in [4.78, 5) is 14.9. The predicted molar refractivity (Wildman–Crippen MR) is 94.8 cm³/mol. The summed E-state index contributed by atoms with van der Waals surface area (Å²) in [7, 11) is 3.17. The predicted octanol–water partition coefficient (Wildman–Crippen LogP) is 0.945. The summed E-state index contributed by atoms with van der Waals surface area (Å²) >= 11 is 6.03. The van der Waals surface area contributed by atoms with Crippen molar-refractivity contribution in [3.8, 4) is 5.75 Å². The van der Waals surface area contributed by atoms with Crippen LogP contribution in [0.2, 0.25) is 5.02 Å². The Labute approximate surface area is 147 Å². The number of likely N-dealkylation sites (N-methyl/N-ethyl adjacent to an activating group) is 1. The molecule has 0 unspecified atom stereocenters. The van der Waals surface area contributed by atoms with Crippen molar-refractivity contribution in [2.24, 2.45) is 0 Å². The van der Waals surface area contributed by atoms with Crippen LogP contribution in [-0.2, 0) is 4.74 Å². The molecule has 0 radical (unpaired) electrons. The number of rotatable bonds is 5. The first kappa shape index (κ1) is 20.5. The van der Waals surface area contributed by atoms with Crippen molar-refractivity contribution in [2.75, 3.05) is 39.6 Å². The molecule has 0 spiro atoms. The fourth-order valence-corrected chi connectivity index (χ4v) is 3.00. The van der Waals surface area contributed by atoms with Gasteiger partial charge in [0.05, 0.1) is 35.5 Å². The Hall–Kier alpha value is -1.54. The van der Waals surface area contributed by atoms with Crippen LogP contribution in [0.1, 0.15) is 23.7 Å². The molecule has 8 heteroatoms. The van der Waals surface area contributed by atoms with Crippen LogP contribution in [0.5, 0.6) is 5.75 Å². The SMILES string of the molecule is CCN1CC[C@H](NC(=O)c2cc(Cl)c(N)cc2OC)[C@H](OC)C1.O. The lowest BCUT2D eigenvalue weighted by Crippen LogP contribution is -2.54. The molecule has 2 atom stereocenters. The molecule has 136 valence electrons. The van der Waals surface area contributed by atoms with Crippen molar-refractivity contribution in [1.82, 2.24) is 10.2 Å². The van der Waals surface area contributed by atoms with Crippen LogP contribution in [0.15, 0.2) is 12.1 Å². The van der Waals surface area contributed by atoms with E-state index >= 15 is 0 Å². The monoisotopic (exact) mass is 359 g/mol. The van der Waals surface area contributed by atoms with Crippen LogP contribution in [0.3, 0.4) is 0 Å². The van der Waals surface area contributed by atoms with Crippen molar-refractivity contribution in [3.05, 3.63) is 22.7 Å². The normalized spacial score (nSPS) is 21.0. The third kappa shape index (κ3) is 4.51. The number of nitrogens with one attached hydrogen (secondary N) is 1. The number of amides is 1. The number of carbonyl (C=O) groups is 1. The minimum atomic E-state index is -0.235. The molecule has 1 saturated heterocycles. The van der Waals surface area contributed by atoms with E-state index in [1.165, 1.54) is 13.2 Å². The van der Waals surface area contributed by atoms with E-state index < -0.39 is 0 Å². The van der Waals surface area contributed by atoms with Gasteiger partial charge in [-0.25, -0.2) is 0 Å². The van der Waals surface area contributed by atoms with E-state index in [9.17, 15) is 4.79 Å². The minimum absolute atomic E-state index is 0. The number of ether oxygens (including phenoxy) is 2. The number of benzene rings is 1. The van der Waals surface area contributed by atoms with Crippen LogP contribution in [-0.4, -0.2) is 62.3 Å². The second-order valence-corrected chi connectivity index (χ2v) is 6.02. The van der Waals surface area contributed by atoms with Crippen LogP contribution in [0.4, 0.5) is 5.69 Å². The number of methoxy groups -OCH3 is 2. The molecule has 0 saturated carbocycles. The molecular formula is C16H26ClN3O4. The molecule has 24 heavy (non-hydrogen) atoms. The Morgan fingerprint density at radius 2 is 2.17 bits per heavy atom. The number of piperidine rings is 1. The number of nitrogens with two attached hydrogens (primary N) is 1. The van der Waals surface area contributed by atoms with Gasteiger partial charge in [0.25, 0.3) is 5.91 Å². The quantitative estimate of drug-likeness (QED) is 0.761. The molecule has 0 aliphatic carbocycles. The van der Waals surface area contributed by atoms with Gasteiger partial charge >= 0.3 is 0 Å². The largest absolute Gasteiger partial charge is 0.496 e. The zero-order chi connectivity index (χ0) is 17.0. The van der Waals surface area contributed by atoms with E-state index in [4.69, 9.17) is 26.8 Å². The Balaban J connectivity index is 0.00000288. The van der Waals surface area contributed by atoms with Gasteiger partial charge in [0.1, 0.15) is 5.75 Å². The van der Waals surface area contributed by atoms with Crippen LogP contribution in [0, 0.1) is 0 Å². The van der Waals surface area contributed by atoms with Crippen molar-refractivity contribution in [2.45, 2.75) is 25.5 Å². The zero-order valence-electron chi connectivity index (χ0n) is 14.3. The lowest BCUT2D eigenvalue weighted by atomic mass is 10.0. The standard InChI is InChI=1S/C16H24ClN3O3.H2O/c1-4-20-6-5-13(15(9-20)23-3)19-16(21)10-7-11(17)12(18)8-14(10)22-2;/h7-8,13,15H,4-6,9,18H2,1-3H3,(H,19,21);1H2/t13-,15+;/m0./s1. The number of hydrogen-bond donors (Lipinski definition) is 2. The summed E-state index contributed by atoms with van der Waals surface area (Å²) in [6.45, 7) is 4.83. The van der Waals surface area contributed by atoms with E-state index in [0.717, 1.165) is 26.1 Å². The van der Waals surface area contributed by atoms with Crippen molar-refractivity contribution >= 4 is 23.2 Å². The molecule has 1 aliphatic heterocycles. The number of hydrogen-bond acceptors (Lipinski definition) is 5. The fourth-order valence-electron chi connectivity index (χ4n) is 2.83. The van der Waals surface area contributed by atoms with Crippen LogP contribution >= 0.6 is 11.6 Å².